The van der Waals surface area contributed by atoms with E-state index < -0.39 is 11.7 Å². The molecule has 0 atom stereocenters. The second kappa shape index (κ2) is 7.55. The van der Waals surface area contributed by atoms with E-state index in [4.69, 9.17) is 14.0 Å². The predicted molar refractivity (Wildman–Crippen MR) is 93.8 cm³/mol. The number of hydrogen-bond donors (Lipinski definition) is 1. The smallest absolute Gasteiger partial charge is 0.412 e. The summed E-state index contributed by atoms with van der Waals surface area (Å²) in [7, 11) is 0. The molecule has 0 saturated carbocycles. The maximum absolute atomic E-state index is 12.0. The molecule has 0 spiro atoms. The molecule has 0 bridgehead atoms. The highest BCUT2D eigenvalue weighted by Crippen LogP contribution is 2.27. The minimum absolute atomic E-state index is 0.117. The lowest BCUT2D eigenvalue weighted by Crippen LogP contribution is -2.27. The van der Waals surface area contributed by atoms with Gasteiger partial charge in [0.15, 0.2) is 12.4 Å². The van der Waals surface area contributed by atoms with Gasteiger partial charge in [0.1, 0.15) is 11.4 Å². The fourth-order valence-corrected chi connectivity index (χ4v) is 1.97. The van der Waals surface area contributed by atoms with Crippen LogP contribution in [0.5, 0.6) is 5.75 Å². The number of rotatable bonds is 5. The lowest BCUT2D eigenvalue weighted by Gasteiger charge is -2.20. The molecule has 136 valence electrons. The standard InChI is InChI=1S/C18H25N3O4/c1-11(2)16-20-15(25-21-16)10-23-14-9-12(3)7-8-13(14)19-17(22)24-18(4,5)6/h7-9,11H,10H2,1-6H3,(H,19,22). The van der Waals surface area contributed by atoms with Gasteiger partial charge in [-0.05, 0) is 45.4 Å². The van der Waals surface area contributed by atoms with Crippen molar-refractivity contribution in [1.29, 1.82) is 0 Å². The second-order valence-electron chi connectivity index (χ2n) is 7.12. The Morgan fingerprint density at radius 3 is 2.64 bits per heavy atom. The molecule has 0 fully saturated rings. The van der Waals surface area contributed by atoms with Crippen LogP contribution in [0, 0.1) is 6.92 Å². The van der Waals surface area contributed by atoms with Crippen LogP contribution < -0.4 is 10.1 Å². The molecule has 1 aromatic carbocycles. The molecule has 7 nitrogen and oxygen atoms in total. The van der Waals surface area contributed by atoms with Gasteiger partial charge in [-0.3, -0.25) is 5.32 Å². The fraction of sp³-hybridized carbons (Fsp3) is 0.500. The highest BCUT2D eigenvalue weighted by Gasteiger charge is 2.18. The number of anilines is 1. The third-order valence-corrected chi connectivity index (χ3v) is 3.12. The summed E-state index contributed by atoms with van der Waals surface area (Å²) in [6, 6.07) is 5.47. The van der Waals surface area contributed by atoms with Crippen molar-refractivity contribution >= 4 is 11.8 Å². The third-order valence-electron chi connectivity index (χ3n) is 3.12. The number of carbonyl (C=O) groups excluding carboxylic acids is 1. The number of aromatic nitrogens is 2. The summed E-state index contributed by atoms with van der Waals surface area (Å²) < 4.78 is 16.2. The Morgan fingerprint density at radius 2 is 2.04 bits per heavy atom. The molecule has 1 heterocycles. The monoisotopic (exact) mass is 347 g/mol. The number of amides is 1. The van der Waals surface area contributed by atoms with Crippen LogP contribution in [0.15, 0.2) is 22.7 Å². The molecule has 0 unspecified atom stereocenters. The molecule has 0 aliphatic carbocycles. The van der Waals surface area contributed by atoms with Crippen molar-refractivity contribution in [3.05, 3.63) is 35.5 Å². The maximum atomic E-state index is 12.0. The first kappa shape index (κ1) is 18.8. The Hall–Kier alpha value is -2.57. The topological polar surface area (TPSA) is 86.5 Å². The van der Waals surface area contributed by atoms with E-state index in [0.29, 0.717) is 23.2 Å². The van der Waals surface area contributed by atoms with Gasteiger partial charge >= 0.3 is 6.09 Å². The Labute approximate surface area is 147 Å². The van der Waals surface area contributed by atoms with Gasteiger partial charge in [0, 0.05) is 5.92 Å². The molecule has 0 radical (unpaired) electrons. The number of nitrogens with zero attached hydrogens (tertiary/aromatic N) is 2. The second-order valence-corrected chi connectivity index (χ2v) is 7.12. The number of hydrogen-bond acceptors (Lipinski definition) is 6. The van der Waals surface area contributed by atoms with Crippen molar-refractivity contribution < 1.29 is 18.8 Å². The number of aryl methyl sites for hydroxylation is 1. The van der Waals surface area contributed by atoms with E-state index in [1.165, 1.54) is 0 Å². The number of carbonyl (C=O) groups is 1. The van der Waals surface area contributed by atoms with Gasteiger partial charge in [-0.25, -0.2) is 4.79 Å². The van der Waals surface area contributed by atoms with Crippen molar-refractivity contribution in [3.8, 4) is 5.75 Å². The third kappa shape index (κ3) is 5.77. The van der Waals surface area contributed by atoms with E-state index in [1.807, 2.05) is 32.9 Å². The molecule has 1 amide bonds. The van der Waals surface area contributed by atoms with Crippen molar-refractivity contribution in [3.63, 3.8) is 0 Å². The normalized spacial score (nSPS) is 11.5. The number of nitrogens with one attached hydrogen (secondary N) is 1. The van der Waals surface area contributed by atoms with Crippen LogP contribution in [0.25, 0.3) is 0 Å². The first-order chi connectivity index (χ1) is 11.6. The summed E-state index contributed by atoms with van der Waals surface area (Å²) in [6.45, 7) is 11.4. The van der Waals surface area contributed by atoms with Crippen LogP contribution in [-0.2, 0) is 11.3 Å². The summed E-state index contributed by atoms with van der Waals surface area (Å²) in [5, 5.41) is 6.60. The number of benzene rings is 1. The van der Waals surface area contributed by atoms with E-state index in [-0.39, 0.29) is 12.5 Å². The zero-order valence-electron chi connectivity index (χ0n) is 15.5. The molecule has 7 heteroatoms. The Balaban J connectivity index is 2.08. The summed E-state index contributed by atoms with van der Waals surface area (Å²) in [6.07, 6.45) is -0.541. The minimum Gasteiger partial charge on any atom is -0.482 e. The largest absolute Gasteiger partial charge is 0.482 e. The van der Waals surface area contributed by atoms with Crippen molar-refractivity contribution in [1.82, 2.24) is 10.1 Å². The van der Waals surface area contributed by atoms with Gasteiger partial charge in [-0.15, -0.1) is 0 Å². The maximum Gasteiger partial charge on any atom is 0.412 e. The van der Waals surface area contributed by atoms with Crippen LogP contribution in [0.4, 0.5) is 10.5 Å². The molecule has 2 rings (SSSR count). The van der Waals surface area contributed by atoms with E-state index in [1.54, 1.807) is 26.8 Å². The van der Waals surface area contributed by atoms with Crippen LogP contribution in [0.1, 0.15) is 57.8 Å². The average Bonchev–Trinajstić information content (AvgIpc) is 2.94. The first-order valence-electron chi connectivity index (χ1n) is 8.20. The predicted octanol–water partition coefficient (Wildman–Crippen LogP) is 4.43. The lowest BCUT2D eigenvalue weighted by atomic mass is 10.2. The molecule has 25 heavy (non-hydrogen) atoms. The van der Waals surface area contributed by atoms with Gasteiger partial charge in [0.05, 0.1) is 5.69 Å². The molecule has 1 aromatic heterocycles. The van der Waals surface area contributed by atoms with E-state index in [9.17, 15) is 4.79 Å². The van der Waals surface area contributed by atoms with Gasteiger partial charge in [-0.1, -0.05) is 25.1 Å². The van der Waals surface area contributed by atoms with Gasteiger partial charge in [0.25, 0.3) is 5.89 Å². The van der Waals surface area contributed by atoms with Gasteiger partial charge < -0.3 is 14.0 Å². The summed E-state index contributed by atoms with van der Waals surface area (Å²) in [5.41, 5.74) is 0.939. The zero-order chi connectivity index (χ0) is 18.6. The Kier molecular flexibility index (Phi) is 5.66. The van der Waals surface area contributed by atoms with Crippen LogP contribution in [0.2, 0.25) is 0 Å². The summed E-state index contributed by atoms with van der Waals surface area (Å²) >= 11 is 0. The quantitative estimate of drug-likeness (QED) is 0.861. The van der Waals surface area contributed by atoms with Gasteiger partial charge in [-0.2, -0.15) is 4.98 Å². The van der Waals surface area contributed by atoms with E-state index >= 15 is 0 Å². The van der Waals surface area contributed by atoms with Crippen molar-refractivity contribution in [2.24, 2.45) is 0 Å². The molecule has 0 aliphatic rings. The summed E-state index contributed by atoms with van der Waals surface area (Å²) in [5.74, 6) is 1.71. The van der Waals surface area contributed by atoms with Crippen LogP contribution in [0.3, 0.4) is 0 Å². The first-order valence-corrected chi connectivity index (χ1v) is 8.20. The molecule has 2 aromatic rings. The molecule has 0 saturated heterocycles. The fourth-order valence-electron chi connectivity index (χ4n) is 1.97. The average molecular weight is 347 g/mol. The molecule has 1 N–H and O–H groups in total. The van der Waals surface area contributed by atoms with E-state index in [2.05, 4.69) is 15.5 Å². The van der Waals surface area contributed by atoms with Crippen LogP contribution >= 0.6 is 0 Å². The SMILES string of the molecule is Cc1ccc(NC(=O)OC(C)(C)C)c(OCc2nc(C(C)C)no2)c1. The summed E-state index contributed by atoms with van der Waals surface area (Å²) in [4.78, 5) is 16.3. The van der Waals surface area contributed by atoms with E-state index in [0.717, 1.165) is 5.56 Å². The molecule has 0 aliphatic heterocycles. The lowest BCUT2D eigenvalue weighted by molar-refractivity contribution is 0.0635. The molecular weight excluding hydrogens is 322 g/mol. The Bertz CT molecular complexity index is 732. The van der Waals surface area contributed by atoms with Crippen molar-refractivity contribution in [2.45, 2.75) is 59.7 Å². The highest BCUT2D eigenvalue weighted by atomic mass is 16.6. The molecular formula is C18H25N3O4. The minimum atomic E-state index is -0.577. The van der Waals surface area contributed by atoms with Crippen LogP contribution in [-0.4, -0.2) is 21.8 Å². The van der Waals surface area contributed by atoms with Crippen molar-refractivity contribution in [2.75, 3.05) is 5.32 Å². The Morgan fingerprint density at radius 1 is 1.32 bits per heavy atom. The van der Waals surface area contributed by atoms with Gasteiger partial charge in [0.2, 0.25) is 0 Å². The highest BCUT2D eigenvalue weighted by molar-refractivity contribution is 5.87. The zero-order valence-corrected chi connectivity index (χ0v) is 15.5. The number of ether oxygens (including phenoxy) is 2.